The Labute approximate surface area is 136 Å². The van der Waals surface area contributed by atoms with Crippen molar-refractivity contribution in [1.29, 1.82) is 0 Å². The fraction of sp³-hybridized carbons (Fsp3) is 0.846. The van der Waals surface area contributed by atoms with Gasteiger partial charge in [-0.1, -0.05) is 0 Å². The van der Waals surface area contributed by atoms with Crippen molar-refractivity contribution in [3.8, 4) is 0 Å². The number of nitrogens with zero attached hydrogens (tertiary/aromatic N) is 1. The van der Waals surface area contributed by atoms with Gasteiger partial charge in [-0.05, 0) is 39.0 Å². The van der Waals surface area contributed by atoms with E-state index >= 15 is 0 Å². The first-order chi connectivity index (χ1) is 10.3. The largest absolute Gasteiger partial charge is 0.479 e. The first-order valence-corrected chi connectivity index (χ1v) is 7.99. The van der Waals surface area contributed by atoms with E-state index in [4.69, 9.17) is 4.74 Å². The van der Waals surface area contributed by atoms with Crippen molar-refractivity contribution in [3.63, 3.8) is 0 Å². The summed E-state index contributed by atoms with van der Waals surface area (Å²) in [6, 6.07) is 0. The van der Waals surface area contributed by atoms with Gasteiger partial charge in [0.1, 0.15) is 5.60 Å². The molecule has 1 rings (SSSR count). The summed E-state index contributed by atoms with van der Waals surface area (Å²) in [6.07, 6.45) is -0.746. The Morgan fingerprint density at radius 3 is 2.43 bits per heavy atom. The van der Waals surface area contributed by atoms with Crippen molar-refractivity contribution in [2.24, 2.45) is 0 Å². The van der Waals surface area contributed by atoms with E-state index in [1.807, 2.05) is 0 Å². The summed E-state index contributed by atoms with van der Waals surface area (Å²) in [4.78, 5) is 24.9. The summed E-state index contributed by atoms with van der Waals surface area (Å²) < 4.78 is 41.4. The predicted molar refractivity (Wildman–Crippen MR) is 79.3 cm³/mol. The molecular formula is C13H21F3N2O4S. The van der Waals surface area contributed by atoms with Crippen molar-refractivity contribution < 1.29 is 32.6 Å². The average molecular weight is 358 g/mol. The second-order valence-corrected chi connectivity index (χ2v) is 7.49. The zero-order valence-electron chi connectivity index (χ0n) is 13.2. The Morgan fingerprint density at radius 2 is 1.96 bits per heavy atom. The minimum absolute atomic E-state index is 0.0556. The van der Waals surface area contributed by atoms with Crippen LogP contribution in [0.3, 0.4) is 0 Å². The summed E-state index contributed by atoms with van der Waals surface area (Å²) in [5, 5.41) is 11.8. The fourth-order valence-corrected chi connectivity index (χ4v) is 2.78. The highest BCUT2D eigenvalue weighted by molar-refractivity contribution is 8.00. The number of hydrogen-bond acceptors (Lipinski definition) is 5. The Morgan fingerprint density at radius 1 is 1.35 bits per heavy atom. The highest BCUT2D eigenvalue weighted by Crippen LogP contribution is 2.30. The van der Waals surface area contributed by atoms with E-state index in [0.717, 1.165) is 0 Å². The van der Waals surface area contributed by atoms with Crippen LogP contribution < -0.4 is 5.32 Å². The number of ether oxygens (including phenoxy) is 1. The number of alkyl carbamates (subject to hydrolysis) is 1. The Kier molecular flexibility index (Phi) is 6.19. The lowest BCUT2D eigenvalue weighted by Crippen LogP contribution is -2.57. The number of amides is 1. The molecule has 0 aliphatic carbocycles. The molecule has 0 aromatic heterocycles. The zero-order valence-corrected chi connectivity index (χ0v) is 14.0. The molecule has 0 bridgehead atoms. The number of carbonyl (C=O) groups excluding carboxylic acids is 1. The summed E-state index contributed by atoms with van der Waals surface area (Å²) in [5.41, 5.74) is -6.62. The number of alkyl halides is 3. The van der Waals surface area contributed by atoms with Gasteiger partial charge in [-0.3, -0.25) is 4.90 Å². The van der Waals surface area contributed by atoms with Crippen LogP contribution in [0.25, 0.3) is 0 Å². The van der Waals surface area contributed by atoms with Crippen LogP contribution in [0.1, 0.15) is 27.2 Å². The van der Waals surface area contributed by atoms with Gasteiger partial charge >= 0.3 is 17.6 Å². The van der Waals surface area contributed by atoms with Gasteiger partial charge in [0.05, 0.1) is 0 Å². The van der Waals surface area contributed by atoms with Crippen LogP contribution >= 0.6 is 11.8 Å². The molecule has 0 saturated carbocycles. The van der Waals surface area contributed by atoms with Crippen molar-refractivity contribution in [2.75, 3.05) is 25.4 Å². The normalized spacial score (nSPS) is 22.9. The molecule has 1 aliphatic rings. The zero-order chi connectivity index (χ0) is 17.9. The molecule has 0 spiro atoms. The Balaban J connectivity index is 2.60. The van der Waals surface area contributed by atoms with Crippen LogP contribution in [0.15, 0.2) is 0 Å². The summed E-state index contributed by atoms with van der Waals surface area (Å²) in [7, 11) is 0. The molecule has 6 nitrogen and oxygen atoms in total. The maximum Gasteiger partial charge on any atom is 0.441 e. The number of nitrogens with one attached hydrogen (secondary N) is 1. The maximum atomic E-state index is 12.1. The SMILES string of the molecule is CC(C)(C)OC(=O)NC1(C(=O)O)CCN(CCSC(F)(F)F)C1. The van der Waals surface area contributed by atoms with Crippen LogP contribution in [0.2, 0.25) is 0 Å². The highest BCUT2D eigenvalue weighted by Gasteiger charge is 2.47. The Hall–Kier alpha value is -1.16. The van der Waals surface area contributed by atoms with Crippen LogP contribution in [0, 0.1) is 0 Å². The fourth-order valence-electron chi connectivity index (χ4n) is 2.20. The number of thioether (sulfide) groups is 1. The monoisotopic (exact) mass is 358 g/mol. The lowest BCUT2D eigenvalue weighted by atomic mass is 9.99. The summed E-state index contributed by atoms with van der Waals surface area (Å²) in [6.45, 7) is 5.27. The van der Waals surface area contributed by atoms with Gasteiger partial charge in [0, 0.05) is 25.4 Å². The van der Waals surface area contributed by atoms with Gasteiger partial charge in [-0.2, -0.15) is 13.2 Å². The Bertz CT molecular complexity index is 453. The number of halogens is 3. The maximum absolute atomic E-state index is 12.1. The second kappa shape index (κ2) is 7.16. The topological polar surface area (TPSA) is 78.9 Å². The number of likely N-dealkylation sites (tertiary alicyclic amines) is 1. The molecule has 23 heavy (non-hydrogen) atoms. The van der Waals surface area contributed by atoms with Crippen molar-refractivity contribution >= 4 is 23.8 Å². The number of hydrogen-bond donors (Lipinski definition) is 2. The molecule has 1 aliphatic heterocycles. The van der Waals surface area contributed by atoms with E-state index in [9.17, 15) is 27.9 Å². The van der Waals surface area contributed by atoms with Gasteiger partial charge in [-0.15, -0.1) is 0 Å². The van der Waals surface area contributed by atoms with Gasteiger partial charge in [0.15, 0.2) is 5.54 Å². The van der Waals surface area contributed by atoms with Gasteiger partial charge in [-0.25, -0.2) is 9.59 Å². The minimum Gasteiger partial charge on any atom is -0.479 e. The van der Waals surface area contributed by atoms with E-state index in [0.29, 0.717) is 6.54 Å². The first-order valence-electron chi connectivity index (χ1n) is 7.01. The van der Waals surface area contributed by atoms with Crippen LogP contribution in [-0.2, 0) is 9.53 Å². The molecule has 10 heteroatoms. The number of carboxylic acid groups (broad SMARTS) is 1. The van der Waals surface area contributed by atoms with E-state index < -0.39 is 28.7 Å². The molecule has 0 aromatic rings. The number of carbonyl (C=O) groups is 2. The molecule has 1 saturated heterocycles. The van der Waals surface area contributed by atoms with Gasteiger partial charge in [0.2, 0.25) is 0 Å². The first kappa shape index (κ1) is 19.9. The quantitative estimate of drug-likeness (QED) is 0.785. The summed E-state index contributed by atoms with van der Waals surface area (Å²) >= 11 is -0.150. The molecule has 134 valence electrons. The molecule has 1 fully saturated rings. The second-order valence-electron chi connectivity index (χ2n) is 6.33. The molecule has 1 amide bonds. The molecule has 1 heterocycles. The highest BCUT2D eigenvalue weighted by atomic mass is 32.2. The average Bonchev–Trinajstić information content (AvgIpc) is 2.69. The summed E-state index contributed by atoms with van der Waals surface area (Å²) in [5.74, 6) is -1.42. The molecular weight excluding hydrogens is 337 g/mol. The van der Waals surface area contributed by atoms with E-state index in [1.165, 1.54) is 0 Å². The third-order valence-corrected chi connectivity index (χ3v) is 3.89. The van der Waals surface area contributed by atoms with Gasteiger partial charge in [0.25, 0.3) is 0 Å². The third kappa shape index (κ3) is 6.86. The lowest BCUT2D eigenvalue weighted by molar-refractivity contribution is -0.144. The van der Waals surface area contributed by atoms with Crippen molar-refractivity contribution in [3.05, 3.63) is 0 Å². The number of aliphatic carboxylic acids is 1. The van der Waals surface area contributed by atoms with Crippen LogP contribution in [0.4, 0.5) is 18.0 Å². The number of rotatable bonds is 5. The van der Waals surface area contributed by atoms with E-state index in [-0.39, 0.29) is 37.0 Å². The van der Waals surface area contributed by atoms with Crippen molar-refractivity contribution in [2.45, 2.75) is 43.8 Å². The smallest absolute Gasteiger partial charge is 0.441 e. The molecule has 2 N–H and O–H groups in total. The lowest BCUT2D eigenvalue weighted by Gasteiger charge is -2.28. The molecule has 1 unspecified atom stereocenters. The molecule has 0 radical (unpaired) electrons. The standard InChI is InChI=1S/C13H21F3N2O4S/c1-11(2,3)22-10(21)17-12(9(19)20)4-5-18(8-12)6-7-23-13(14,15)16/h4-8H2,1-3H3,(H,17,21)(H,19,20). The predicted octanol–water partition coefficient (Wildman–Crippen LogP) is 2.29. The van der Waals surface area contributed by atoms with Crippen molar-refractivity contribution in [1.82, 2.24) is 10.2 Å². The van der Waals surface area contributed by atoms with Crippen LogP contribution in [-0.4, -0.2) is 64.1 Å². The molecule has 1 atom stereocenters. The van der Waals surface area contributed by atoms with Crippen LogP contribution in [0.5, 0.6) is 0 Å². The third-order valence-electron chi connectivity index (χ3n) is 3.17. The van der Waals surface area contributed by atoms with Gasteiger partial charge < -0.3 is 15.2 Å². The minimum atomic E-state index is -4.31. The molecule has 0 aromatic carbocycles. The van der Waals surface area contributed by atoms with E-state index in [1.54, 1.807) is 25.7 Å². The number of carboxylic acids is 1. The van der Waals surface area contributed by atoms with E-state index in [2.05, 4.69) is 5.32 Å².